The van der Waals surface area contributed by atoms with E-state index >= 15 is 0 Å². The number of pyridine rings is 1. The van der Waals surface area contributed by atoms with Gasteiger partial charge in [0, 0.05) is 21.4 Å². The van der Waals surface area contributed by atoms with E-state index in [9.17, 15) is 4.79 Å². The molecular weight excluding hydrogens is 354 g/mol. The van der Waals surface area contributed by atoms with E-state index in [1.165, 1.54) is 30.4 Å². The van der Waals surface area contributed by atoms with Crippen molar-refractivity contribution in [1.82, 2.24) is 4.98 Å². The largest absolute Gasteiger partial charge is 0.465 e. The average Bonchev–Trinajstić information content (AvgIpc) is 3.35. The number of thiophene rings is 1. The molecule has 2 aliphatic carbocycles. The molecule has 0 N–H and O–H groups in total. The molecule has 0 unspecified atom stereocenters. The number of nitrogens with zero attached hydrogens (tertiary/aromatic N) is 1. The molecule has 0 bridgehead atoms. The van der Waals surface area contributed by atoms with Crippen LogP contribution in [0.1, 0.15) is 90.3 Å². The Morgan fingerprint density at radius 1 is 1.04 bits per heavy atom. The van der Waals surface area contributed by atoms with Gasteiger partial charge in [0.25, 0.3) is 0 Å². The van der Waals surface area contributed by atoms with Crippen molar-refractivity contribution in [3.63, 3.8) is 0 Å². The van der Waals surface area contributed by atoms with Crippen LogP contribution in [0.15, 0.2) is 18.3 Å². The molecule has 0 amide bonds. The highest BCUT2D eigenvalue weighted by atomic mass is 32.1. The standard InChI is InChI=1S/C23H29NO2S/c1-14-17-19(22(4,5)10-9-21(17,2)3)27-18(14)23(11-12-23)16-8-7-15(13-24-16)20(25)26-6/h7-8,13H,9-12H2,1-6H3. The molecule has 0 aliphatic heterocycles. The van der Waals surface area contributed by atoms with Gasteiger partial charge in [-0.1, -0.05) is 27.7 Å². The minimum absolute atomic E-state index is 0.0346. The summed E-state index contributed by atoms with van der Waals surface area (Å²) in [7, 11) is 1.40. The zero-order valence-electron chi connectivity index (χ0n) is 17.2. The molecule has 1 saturated carbocycles. The molecule has 0 aromatic carbocycles. The molecule has 4 rings (SSSR count). The maximum absolute atomic E-state index is 11.7. The number of aromatic nitrogens is 1. The van der Waals surface area contributed by atoms with Crippen LogP contribution in [-0.4, -0.2) is 18.1 Å². The van der Waals surface area contributed by atoms with Gasteiger partial charge in [-0.3, -0.25) is 4.98 Å². The second-order valence-electron chi connectivity index (χ2n) is 9.53. The Hall–Kier alpha value is -1.68. The molecule has 2 heterocycles. The maximum Gasteiger partial charge on any atom is 0.339 e. The molecule has 27 heavy (non-hydrogen) atoms. The van der Waals surface area contributed by atoms with E-state index < -0.39 is 0 Å². The van der Waals surface area contributed by atoms with E-state index in [2.05, 4.69) is 39.6 Å². The van der Waals surface area contributed by atoms with Gasteiger partial charge in [0.1, 0.15) is 0 Å². The molecule has 2 aromatic heterocycles. The first-order valence-corrected chi connectivity index (χ1v) is 10.6. The summed E-state index contributed by atoms with van der Waals surface area (Å²) in [6.45, 7) is 11.9. The van der Waals surface area contributed by atoms with Crippen molar-refractivity contribution in [2.75, 3.05) is 7.11 Å². The summed E-state index contributed by atoms with van der Waals surface area (Å²) in [5.74, 6) is -0.329. The van der Waals surface area contributed by atoms with Gasteiger partial charge in [0.15, 0.2) is 0 Å². The molecule has 0 spiro atoms. The minimum Gasteiger partial charge on any atom is -0.465 e. The number of esters is 1. The number of carbonyl (C=O) groups excluding carboxylic acids is 1. The van der Waals surface area contributed by atoms with E-state index in [-0.39, 0.29) is 22.2 Å². The van der Waals surface area contributed by atoms with Crippen LogP contribution >= 0.6 is 11.3 Å². The number of ether oxygens (including phenoxy) is 1. The first-order valence-electron chi connectivity index (χ1n) is 9.82. The Kier molecular flexibility index (Phi) is 4.08. The van der Waals surface area contributed by atoms with E-state index in [0.717, 1.165) is 18.5 Å². The van der Waals surface area contributed by atoms with Crippen LogP contribution < -0.4 is 0 Å². The molecule has 1 fully saturated rings. The summed E-state index contributed by atoms with van der Waals surface area (Å²) in [6, 6.07) is 3.87. The predicted octanol–water partition coefficient (Wildman–Crippen LogP) is 5.67. The molecule has 2 aromatic rings. The predicted molar refractivity (Wildman–Crippen MR) is 110 cm³/mol. The second-order valence-corrected chi connectivity index (χ2v) is 10.6. The van der Waals surface area contributed by atoms with Gasteiger partial charge < -0.3 is 4.74 Å². The molecule has 3 nitrogen and oxygen atoms in total. The first kappa shape index (κ1) is 18.7. The highest BCUT2D eigenvalue weighted by Gasteiger charge is 2.52. The van der Waals surface area contributed by atoms with Crippen molar-refractivity contribution in [2.45, 2.75) is 76.5 Å². The highest BCUT2D eigenvalue weighted by Crippen LogP contribution is 2.60. The normalized spacial score (nSPS) is 21.4. The molecule has 4 heteroatoms. The van der Waals surface area contributed by atoms with E-state index in [1.54, 1.807) is 16.6 Å². The quantitative estimate of drug-likeness (QED) is 0.641. The highest BCUT2D eigenvalue weighted by molar-refractivity contribution is 7.12. The second kappa shape index (κ2) is 5.91. The lowest BCUT2D eigenvalue weighted by atomic mass is 9.65. The van der Waals surface area contributed by atoms with Crippen molar-refractivity contribution < 1.29 is 9.53 Å². The van der Waals surface area contributed by atoms with E-state index in [1.807, 2.05) is 23.5 Å². The molecule has 144 valence electrons. The third-order valence-corrected chi connectivity index (χ3v) is 8.53. The number of fused-ring (bicyclic) bond motifs is 1. The Balaban J connectivity index is 1.80. The number of hydrogen-bond donors (Lipinski definition) is 0. The van der Waals surface area contributed by atoms with Crippen LogP contribution in [0.5, 0.6) is 0 Å². The van der Waals surface area contributed by atoms with Gasteiger partial charge in [0.05, 0.1) is 18.4 Å². The van der Waals surface area contributed by atoms with Crippen LogP contribution in [0.4, 0.5) is 0 Å². The van der Waals surface area contributed by atoms with Crippen LogP contribution in [0.3, 0.4) is 0 Å². The van der Waals surface area contributed by atoms with Gasteiger partial charge in [-0.2, -0.15) is 0 Å². The number of rotatable bonds is 3. The van der Waals surface area contributed by atoms with Crippen molar-refractivity contribution in [3.05, 3.63) is 50.5 Å². The average molecular weight is 384 g/mol. The van der Waals surface area contributed by atoms with Gasteiger partial charge in [-0.15, -0.1) is 11.3 Å². The minimum atomic E-state index is -0.329. The summed E-state index contributed by atoms with van der Waals surface area (Å²) in [6.07, 6.45) is 6.42. The van der Waals surface area contributed by atoms with E-state index in [0.29, 0.717) is 5.56 Å². The summed E-state index contributed by atoms with van der Waals surface area (Å²) >= 11 is 2.02. The fourth-order valence-corrected chi connectivity index (χ4v) is 6.64. The van der Waals surface area contributed by atoms with Crippen LogP contribution in [-0.2, 0) is 21.0 Å². The summed E-state index contributed by atoms with van der Waals surface area (Å²) in [4.78, 5) is 19.5. The fourth-order valence-electron chi connectivity index (χ4n) is 4.77. The lowest BCUT2D eigenvalue weighted by Gasteiger charge is -2.40. The van der Waals surface area contributed by atoms with Crippen LogP contribution in [0.25, 0.3) is 0 Å². The Bertz CT molecular complexity index is 901. The first-order chi connectivity index (χ1) is 12.6. The van der Waals surface area contributed by atoms with Crippen molar-refractivity contribution >= 4 is 17.3 Å². The number of hydrogen-bond acceptors (Lipinski definition) is 4. The zero-order valence-corrected chi connectivity index (χ0v) is 18.0. The molecular formula is C23H29NO2S. The van der Waals surface area contributed by atoms with Gasteiger partial charge in [-0.05, 0) is 66.7 Å². The van der Waals surface area contributed by atoms with Crippen molar-refractivity contribution in [1.29, 1.82) is 0 Å². The van der Waals surface area contributed by atoms with Crippen molar-refractivity contribution in [3.8, 4) is 0 Å². The lowest BCUT2D eigenvalue weighted by molar-refractivity contribution is 0.0600. The van der Waals surface area contributed by atoms with Gasteiger partial charge in [-0.25, -0.2) is 4.79 Å². The number of carbonyl (C=O) groups is 1. The Labute approximate surface area is 166 Å². The maximum atomic E-state index is 11.7. The smallest absolute Gasteiger partial charge is 0.339 e. The summed E-state index contributed by atoms with van der Waals surface area (Å²) in [5, 5.41) is 0. The summed E-state index contributed by atoms with van der Waals surface area (Å²) < 4.78 is 4.81. The third kappa shape index (κ3) is 2.75. The third-order valence-electron chi connectivity index (χ3n) is 6.67. The molecule has 2 aliphatic rings. The lowest BCUT2D eigenvalue weighted by Crippen LogP contribution is -2.32. The molecule has 0 atom stereocenters. The number of methoxy groups -OCH3 is 1. The van der Waals surface area contributed by atoms with Crippen LogP contribution in [0, 0.1) is 6.92 Å². The topological polar surface area (TPSA) is 39.2 Å². The fraction of sp³-hybridized carbons (Fsp3) is 0.565. The van der Waals surface area contributed by atoms with Crippen LogP contribution in [0.2, 0.25) is 0 Å². The zero-order chi connectivity index (χ0) is 19.6. The Morgan fingerprint density at radius 3 is 2.22 bits per heavy atom. The van der Waals surface area contributed by atoms with Gasteiger partial charge >= 0.3 is 5.97 Å². The monoisotopic (exact) mass is 383 g/mol. The van der Waals surface area contributed by atoms with E-state index in [4.69, 9.17) is 4.74 Å². The SMILES string of the molecule is COC(=O)c1ccc(C2(c3sc4c(c3C)C(C)(C)CCC4(C)C)CC2)nc1. The Morgan fingerprint density at radius 2 is 1.70 bits per heavy atom. The molecule has 0 radical (unpaired) electrons. The summed E-state index contributed by atoms with van der Waals surface area (Å²) in [5.41, 5.74) is 5.18. The van der Waals surface area contributed by atoms with Crippen molar-refractivity contribution in [2.24, 2.45) is 0 Å². The molecule has 0 saturated heterocycles. The van der Waals surface area contributed by atoms with Gasteiger partial charge in [0.2, 0.25) is 0 Å².